The number of fused-ring (bicyclic) bond motifs is 19. The van der Waals surface area contributed by atoms with Crippen LogP contribution in [0.2, 0.25) is 0 Å². The lowest BCUT2D eigenvalue weighted by Crippen LogP contribution is -1.89. The third-order valence-electron chi connectivity index (χ3n) is 10.2. The quantitative estimate of drug-likeness (QED) is 0.168. The molecule has 11 rings (SSSR count). The number of hydrogen-bond acceptors (Lipinski definition) is 0. The third kappa shape index (κ3) is 3.10. The lowest BCUT2D eigenvalue weighted by atomic mass is 10.0. The van der Waals surface area contributed by atoms with Gasteiger partial charge in [0.05, 0.1) is 22.1 Å². The molecule has 3 heterocycles. The minimum Gasteiger partial charge on any atom is -0.309 e. The molecular formula is C44H26N2. The van der Waals surface area contributed by atoms with Gasteiger partial charge in [0.1, 0.15) is 0 Å². The molecule has 0 aliphatic heterocycles. The average Bonchev–Trinajstić information content (AvgIpc) is 3.64. The van der Waals surface area contributed by atoms with Gasteiger partial charge in [0, 0.05) is 43.4 Å². The van der Waals surface area contributed by atoms with Crippen LogP contribution in [0.3, 0.4) is 0 Å². The smallest absolute Gasteiger partial charge is 0.0619 e. The summed E-state index contributed by atoms with van der Waals surface area (Å²) in [5.41, 5.74) is 7.25. The van der Waals surface area contributed by atoms with E-state index in [1.165, 1.54) is 86.7 Å². The van der Waals surface area contributed by atoms with Gasteiger partial charge >= 0.3 is 0 Å². The lowest BCUT2D eigenvalue weighted by molar-refractivity contribution is 1.32. The minimum absolute atomic E-state index is 1.16. The summed E-state index contributed by atoms with van der Waals surface area (Å²) < 4.78 is 4.99. The van der Waals surface area contributed by atoms with E-state index in [0.717, 1.165) is 11.0 Å². The summed E-state index contributed by atoms with van der Waals surface area (Å²) in [6, 6.07) is 58.7. The van der Waals surface area contributed by atoms with Gasteiger partial charge in [-0.15, -0.1) is 0 Å². The zero-order chi connectivity index (χ0) is 29.9. The van der Waals surface area contributed by atoms with Crippen molar-refractivity contribution >= 4 is 97.7 Å². The van der Waals surface area contributed by atoms with Crippen LogP contribution in [0.4, 0.5) is 0 Å². The zero-order valence-electron chi connectivity index (χ0n) is 24.9. The van der Waals surface area contributed by atoms with Crippen molar-refractivity contribution in [3.63, 3.8) is 0 Å². The molecule has 212 valence electrons. The van der Waals surface area contributed by atoms with Crippen molar-refractivity contribution in [1.29, 1.82) is 0 Å². The van der Waals surface area contributed by atoms with E-state index in [1.807, 2.05) is 0 Å². The first-order valence-electron chi connectivity index (χ1n) is 15.9. The molecule has 3 aromatic heterocycles. The number of nitrogens with zero attached hydrogens (tertiary/aromatic N) is 2. The maximum Gasteiger partial charge on any atom is 0.0619 e. The first-order chi connectivity index (χ1) is 22.8. The van der Waals surface area contributed by atoms with Crippen LogP contribution in [0.1, 0.15) is 0 Å². The second kappa shape index (κ2) is 8.74. The lowest BCUT2D eigenvalue weighted by Gasteiger charge is -2.06. The fraction of sp³-hybridized carbons (Fsp3) is 0. The van der Waals surface area contributed by atoms with E-state index in [1.54, 1.807) is 0 Å². The Morgan fingerprint density at radius 3 is 1.17 bits per heavy atom. The van der Waals surface area contributed by atoms with Gasteiger partial charge in [-0.2, -0.15) is 0 Å². The Hall–Kier alpha value is -6.12. The number of hydrogen-bond donors (Lipinski definition) is 0. The molecule has 0 aliphatic rings. The normalized spacial score (nSPS) is 12.3. The number of benzene rings is 8. The summed E-state index contributed by atoms with van der Waals surface area (Å²) in [5, 5.41) is 15.0. The molecule has 0 saturated carbocycles. The van der Waals surface area contributed by atoms with Gasteiger partial charge in [0.25, 0.3) is 0 Å². The van der Waals surface area contributed by atoms with Gasteiger partial charge in [-0.25, -0.2) is 0 Å². The highest BCUT2D eigenvalue weighted by Crippen LogP contribution is 2.39. The molecule has 11 aromatic rings. The Morgan fingerprint density at radius 2 is 0.674 bits per heavy atom. The van der Waals surface area contributed by atoms with Gasteiger partial charge in [0.15, 0.2) is 0 Å². The van der Waals surface area contributed by atoms with Crippen molar-refractivity contribution in [2.24, 2.45) is 0 Å². The second-order valence-corrected chi connectivity index (χ2v) is 12.6. The Bertz CT molecular complexity index is 2930. The summed E-state index contributed by atoms with van der Waals surface area (Å²) in [6.45, 7) is 0. The van der Waals surface area contributed by atoms with Gasteiger partial charge in [0.2, 0.25) is 0 Å². The minimum atomic E-state index is 1.16. The van der Waals surface area contributed by atoms with Crippen molar-refractivity contribution in [2.75, 3.05) is 0 Å². The summed E-state index contributed by atoms with van der Waals surface area (Å²) in [4.78, 5) is 0. The molecule has 2 nitrogen and oxygen atoms in total. The van der Waals surface area contributed by atoms with Crippen molar-refractivity contribution in [1.82, 2.24) is 8.80 Å². The molecule has 2 heteroatoms. The topological polar surface area (TPSA) is 8.82 Å². The van der Waals surface area contributed by atoms with Crippen LogP contribution in [0.5, 0.6) is 0 Å². The van der Waals surface area contributed by atoms with E-state index in [0.29, 0.717) is 0 Å². The fourth-order valence-corrected chi connectivity index (χ4v) is 8.19. The Balaban J connectivity index is 1.52. The van der Waals surface area contributed by atoms with Crippen molar-refractivity contribution in [2.45, 2.75) is 0 Å². The molecule has 0 atom stereocenters. The van der Waals surface area contributed by atoms with Crippen molar-refractivity contribution in [3.05, 3.63) is 158 Å². The Morgan fingerprint density at radius 1 is 0.261 bits per heavy atom. The van der Waals surface area contributed by atoms with Crippen LogP contribution in [0.15, 0.2) is 158 Å². The highest BCUT2D eigenvalue weighted by Gasteiger charge is 2.16. The maximum atomic E-state index is 2.50. The highest BCUT2D eigenvalue weighted by molar-refractivity contribution is 6.22. The van der Waals surface area contributed by atoms with Crippen molar-refractivity contribution < 1.29 is 0 Å². The molecule has 46 heavy (non-hydrogen) atoms. The summed E-state index contributed by atoms with van der Waals surface area (Å²) in [6.07, 6.45) is 0. The van der Waals surface area contributed by atoms with Gasteiger partial charge < -0.3 is 8.80 Å². The standard InChI is InChI=1S/C44H26N2/c1-3-14-35-27(8-1)16-22-39-37-20-18-29-24-41(37)45(43(35)39)31-10-7-11-32(26-31)46-42-25-30(34-13-6-5-12-33(29)34)19-21-38(42)40-23-17-28-9-2-4-15-36(28)44(40)46/h1-26H. The monoisotopic (exact) mass is 582 g/mol. The van der Waals surface area contributed by atoms with E-state index in [2.05, 4.69) is 167 Å². The van der Waals surface area contributed by atoms with Gasteiger partial charge in [-0.05, 0) is 62.6 Å². The molecule has 0 amide bonds. The molecule has 8 aromatic carbocycles. The first-order valence-corrected chi connectivity index (χ1v) is 15.9. The van der Waals surface area contributed by atoms with Crippen LogP contribution >= 0.6 is 0 Å². The van der Waals surface area contributed by atoms with Crippen LogP contribution in [-0.4, -0.2) is 8.80 Å². The Labute approximate surface area is 263 Å². The fourth-order valence-electron chi connectivity index (χ4n) is 8.19. The largest absolute Gasteiger partial charge is 0.309 e. The Kier molecular flexibility index (Phi) is 4.61. The third-order valence-corrected chi connectivity index (χ3v) is 10.2. The van der Waals surface area contributed by atoms with Gasteiger partial charge in [-0.3, -0.25) is 0 Å². The zero-order valence-corrected chi connectivity index (χ0v) is 24.9. The van der Waals surface area contributed by atoms with E-state index < -0.39 is 0 Å². The van der Waals surface area contributed by atoms with Crippen LogP contribution in [0.25, 0.3) is 97.7 Å². The predicted molar refractivity (Wildman–Crippen MR) is 197 cm³/mol. The molecule has 0 saturated heterocycles. The molecule has 0 aliphatic carbocycles. The average molecular weight is 583 g/mol. The van der Waals surface area contributed by atoms with Crippen molar-refractivity contribution in [3.8, 4) is 0 Å². The molecule has 0 spiro atoms. The molecular weight excluding hydrogens is 556 g/mol. The second-order valence-electron chi connectivity index (χ2n) is 12.6. The van der Waals surface area contributed by atoms with E-state index in [4.69, 9.17) is 0 Å². The molecule has 6 bridgehead atoms. The first kappa shape index (κ1) is 24.2. The molecule has 0 fully saturated rings. The van der Waals surface area contributed by atoms with Crippen LogP contribution in [-0.2, 0) is 0 Å². The van der Waals surface area contributed by atoms with E-state index in [9.17, 15) is 0 Å². The SMILES string of the molecule is c1ccc2c(c1)ccc1c3ccc4cc3n(c3cccc(c3)n3c5cc(ccc5c5ccc6ccccc6c53)c3ccccc43)c21. The number of aromatic nitrogens is 2. The predicted octanol–water partition coefficient (Wildman–Crippen LogP) is 12.0. The molecule has 0 radical (unpaired) electrons. The maximum absolute atomic E-state index is 2.50. The van der Waals surface area contributed by atoms with Crippen LogP contribution in [0, 0.1) is 0 Å². The summed E-state index contributed by atoms with van der Waals surface area (Å²) in [7, 11) is 0. The molecule has 0 unspecified atom stereocenters. The molecule has 0 N–H and O–H groups in total. The van der Waals surface area contributed by atoms with E-state index in [-0.39, 0.29) is 0 Å². The summed E-state index contributed by atoms with van der Waals surface area (Å²) >= 11 is 0. The van der Waals surface area contributed by atoms with E-state index >= 15 is 0 Å². The van der Waals surface area contributed by atoms with Gasteiger partial charge in [-0.1, -0.05) is 127 Å². The number of rotatable bonds is 0. The summed E-state index contributed by atoms with van der Waals surface area (Å²) in [5.74, 6) is 0. The van der Waals surface area contributed by atoms with Crippen LogP contribution < -0.4 is 0 Å². The highest BCUT2D eigenvalue weighted by atomic mass is 14.9.